The number of aromatic nitrogens is 3. The van der Waals surface area contributed by atoms with E-state index in [0.717, 1.165) is 28.6 Å². The van der Waals surface area contributed by atoms with Crippen LogP contribution in [-0.2, 0) is 0 Å². The summed E-state index contributed by atoms with van der Waals surface area (Å²) in [6.45, 7) is 3.94. The second-order valence-electron chi connectivity index (χ2n) is 4.79. The van der Waals surface area contributed by atoms with Gasteiger partial charge in [-0.2, -0.15) is 0 Å². The molecule has 0 saturated carbocycles. The molecule has 0 aliphatic carbocycles. The summed E-state index contributed by atoms with van der Waals surface area (Å²) in [5.41, 5.74) is 8.65. The minimum Gasteiger partial charge on any atom is -0.419 e. The SMILES string of the molecule is CCC(N)c1nnc(-c2cc(C)nc3ccccc23)o1. The average molecular weight is 268 g/mol. The van der Waals surface area contributed by atoms with Crippen LogP contribution in [0.3, 0.4) is 0 Å². The largest absolute Gasteiger partial charge is 0.419 e. The van der Waals surface area contributed by atoms with Crippen molar-refractivity contribution in [2.75, 3.05) is 0 Å². The highest BCUT2D eigenvalue weighted by Crippen LogP contribution is 2.28. The van der Waals surface area contributed by atoms with Crippen LogP contribution in [0.5, 0.6) is 0 Å². The van der Waals surface area contributed by atoms with E-state index < -0.39 is 0 Å². The van der Waals surface area contributed by atoms with Crippen molar-refractivity contribution in [2.24, 2.45) is 5.73 Å². The minimum atomic E-state index is -0.217. The Morgan fingerprint density at radius 2 is 2.05 bits per heavy atom. The van der Waals surface area contributed by atoms with Crippen LogP contribution in [0, 0.1) is 6.92 Å². The van der Waals surface area contributed by atoms with Gasteiger partial charge in [0.2, 0.25) is 11.8 Å². The fourth-order valence-corrected chi connectivity index (χ4v) is 2.15. The highest BCUT2D eigenvalue weighted by molar-refractivity contribution is 5.92. The molecule has 0 saturated heterocycles. The zero-order valence-electron chi connectivity index (χ0n) is 11.5. The molecule has 5 nitrogen and oxygen atoms in total. The lowest BCUT2D eigenvalue weighted by molar-refractivity contribution is 0.453. The molecule has 1 aromatic carbocycles. The molecule has 3 aromatic rings. The lowest BCUT2D eigenvalue weighted by Gasteiger charge is -2.04. The van der Waals surface area contributed by atoms with E-state index in [0.29, 0.717) is 11.8 Å². The molecular formula is C15H16N4O. The summed E-state index contributed by atoms with van der Waals surface area (Å²) in [6, 6.07) is 9.65. The first-order valence-electron chi connectivity index (χ1n) is 6.64. The molecule has 0 aliphatic rings. The molecule has 3 rings (SSSR count). The van der Waals surface area contributed by atoms with Crippen molar-refractivity contribution in [1.29, 1.82) is 0 Å². The molecule has 1 unspecified atom stereocenters. The molecule has 1 atom stereocenters. The van der Waals surface area contributed by atoms with Crippen molar-refractivity contribution < 1.29 is 4.42 Å². The first-order chi connectivity index (χ1) is 9.69. The number of aryl methyl sites for hydroxylation is 1. The fourth-order valence-electron chi connectivity index (χ4n) is 2.15. The van der Waals surface area contributed by atoms with E-state index in [1.807, 2.05) is 44.2 Å². The summed E-state index contributed by atoms with van der Waals surface area (Å²) < 4.78 is 5.71. The molecule has 102 valence electrons. The molecule has 0 amide bonds. The fraction of sp³-hybridized carbons (Fsp3) is 0.267. The maximum atomic E-state index is 5.92. The lowest BCUT2D eigenvalue weighted by Crippen LogP contribution is -2.08. The van der Waals surface area contributed by atoms with Crippen LogP contribution in [0.25, 0.3) is 22.4 Å². The maximum absolute atomic E-state index is 5.92. The lowest BCUT2D eigenvalue weighted by atomic mass is 10.1. The number of benzene rings is 1. The Hall–Kier alpha value is -2.27. The molecule has 0 aliphatic heterocycles. The second kappa shape index (κ2) is 5.02. The Balaban J connectivity index is 2.16. The van der Waals surface area contributed by atoms with E-state index in [1.165, 1.54) is 0 Å². The number of fused-ring (bicyclic) bond motifs is 1. The van der Waals surface area contributed by atoms with Crippen LogP contribution in [0.15, 0.2) is 34.7 Å². The summed E-state index contributed by atoms with van der Waals surface area (Å²) in [6.07, 6.45) is 0.762. The normalized spacial score (nSPS) is 12.8. The molecule has 0 fully saturated rings. The summed E-state index contributed by atoms with van der Waals surface area (Å²) >= 11 is 0. The summed E-state index contributed by atoms with van der Waals surface area (Å²) in [7, 11) is 0. The summed E-state index contributed by atoms with van der Waals surface area (Å²) in [5.74, 6) is 0.964. The van der Waals surface area contributed by atoms with E-state index in [2.05, 4.69) is 15.2 Å². The van der Waals surface area contributed by atoms with E-state index in [9.17, 15) is 0 Å². The van der Waals surface area contributed by atoms with E-state index in [4.69, 9.17) is 10.2 Å². The zero-order chi connectivity index (χ0) is 14.1. The third-order valence-electron chi connectivity index (χ3n) is 3.27. The van der Waals surface area contributed by atoms with Gasteiger partial charge in [0.1, 0.15) is 0 Å². The molecule has 0 spiro atoms. The van der Waals surface area contributed by atoms with Crippen molar-refractivity contribution in [3.8, 4) is 11.5 Å². The number of hydrogen-bond donors (Lipinski definition) is 1. The van der Waals surface area contributed by atoms with Gasteiger partial charge in [-0.25, -0.2) is 0 Å². The van der Waals surface area contributed by atoms with Crippen molar-refractivity contribution in [3.05, 3.63) is 41.9 Å². The number of rotatable bonds is 3. The first-order valence-corrected chi connectivity index (χ1v) is 6.64. The molecule has 20 heavy (non-hydrogen) atoms. The quantitative estimate of drug-likeness (QED) is 0.790. The number of nitrogens with zero attached hydrogens (tertiary/aromatic N) is 3. The van der Waals surface area contributed by atoms with Crippen molar-refractivity contribution in [1.82, 2.24) is 15.2 Å². The van der Waals surface area contributed by atoms with Gasteiger partial charge in [0.25, 0.3) is 0 Å². The predicted octanol–water partition coefficient (Wildman–Crippen LogP) is 3.00. The van der Waals surface area contributed by atoms with Gasteiger partial charge in [-0.3, -0.25) is 4.98 Å². The third-order valence-corrected chi connectivity index (χ3v) is 3.27. The third kappa shape index (κ3) is 2.16. The van der Waals surface area contributed by atoms with E-state index in [1.54, 1.807) is 0 Å². The zero-order valence-corrected chi connectivity index (χ0v) is 11.5. The number of nitrogens with two attached hydrogens (primary N) is 1. The van der Waals surface area contributed by atoms with Crippen molar-refractivity contribution >= 4 is 10.9 Å². The van der Waals surface area contributed by atoms with Gasteiger partial charge in [0.05, 0.1) is 11.6 Å². The number of hydrogen-bond acceptors (Lipinski definition) is 5. The van der Waals surface area contributed by atoms with Crippen LogP contribution >= 0.6 is 0 Å². The average Bonchev–Trinajstić information content (AvgIpc) is 2.95. The van der Waals surface area contributed by atoms with Crippen molar-refractivity contribution in [3.63, 3.8) is 0 Å². The minimum absolute atomic E-state index is 0.217. The van der Waals surface area contributed by atoms with Crippen LogP contribution in [0.4, 0.5) is 0 Å². The van der Waals surface area contributed by atoms with Gasteiger partial charge in [0, 0.05) is 16.6 Å². The van der Waals surface area contributed by atoms with Crippen LogP contribution in [-0.4, -0.2) is 15.2 Å². The smallest absolute Gasteiger partial charge is 0.248 e. The Morgan fingerprint density at radius 3 is 2.85 bits per heavy atom. The first kappa shape index (κ1) is 12.7. The molecule has 5 heteroatoms. The highest BCUT2D eigenvalue weighted by Gasteiger charge is 2.16. The molecule has 2 N–H and O–H groups in total. The Bertz CT molecular complexity index is 750. The highest BCUT2D eigenvalue weighted by atomic mass is 16.4. The Labute approximate surface area is 116 Å². The molecule has 0 bridgehead atoms. The van der Waals surface area contributed by atoms with Gasteiger partial charge in [0.15, 0.2) is 0 Å². The molecular weight excluding hydrogens is 252 g/mol. The topological polar surface area (TPSA) is 77.8 Å². The molecule has 2 heterocycles. The van der Waals surface area contributed by atoms with Gasteiger partial charge in [-0.15, -0.1) is 10.2 Å². The molecule has 0 radical (unpaired) electrons. The second-order valence-corrected chi connectivity index (χ2v) is 4.79. The predicted molar refractivity (Wildman–Crippen MR) is 77.0 cm³/mol. The Morgan fingerprint density at radius 1 is 1.25 bits per heavy atom. The van der Waals surface area contributed by atoms with Crippen LogP contribution in [0.2, 0.25) is 0 Å². The summed E-state index contributed by atoms with van der Waals surface area (Å²) in [4.78, 5) is 4.51. The Kier molecular flexibility index (Phi) is 3.20. The van der Waals surface area contributed by atoms with Crippen LogP contribution in [0.1, 0.15) is 31.0 Å². The standard InChI is InChI=1S/C15H16N4O/c1-3-12(16)15-19-18-14(20-15)11-8-9(2)17-13-7-5-4-6-10(11)13/h4-8,12H,3,16H2,1-2H3. The van der Waals surface area contributed by atoms with E-state index in [-0.39, 0.29) is 6.04 Å². The number of para-hydroxylation sites is 1. The summed E-state index contributed by atoms with van der Waals surface area (Å²) in [5, 5.41) is 9.16. The van der Waals surface area contributed by atoms with Crippen molar-refractivity contribution in [2.45, 2.75) is 26.3 Å². The van der Waals surface area contributed by atoms with Gasteiger partial charge < -0.3 is 10.2 Å². The molecule has 2 aromatic heterocycles. The van der Waals surface area contributed by atoms with Gasteiger partial charge in [-0.05, 0) is 25.5 Å². The monoisotopic (exact) mass is 268 g/mol. The van der Waals surface area contributed by atoms with Gasteiger partial charge >= 0.3 is 0 Å². The van der Waals surface area contributed by atoms with E-state index >= 15 is 0 Å². The van der Waals surface area contributed by atoms with Crippen LogP contribution < -0.4 is 5.73 Å². The van der Waals surface area contributed by atoms with Gasteiger partial charge in [-0.1, -0.05) is 25.1 Å². The maximum Gasteiger partial charge on any atom is 0.248 e. The number of pyridine rings is 1.